The topological polar surface area (TPSA) is 97.4 Å². The summed E-state index contributed by atoms with van der Waals surface area (Å²) in [6, 6.07) is 0. The Hall–Kier alpha value is -1.93. The van der Waals surface area contributed by atoms with Crippen LogP contribution in [0.4, 0.5) is 0 Å². The van der Waals surface area contributed by atoms with Crippen LogP contribution in [0.2, 0.25) is 0 Å². The van der Waals surface area contributed by atoms with Crippen molar-refractivity contribution in [1.29, 1.82) is 0 Å². The maximum absolute atomic E-state index is 11.4. The first-order valence-electron chi connectivity index (χ1n) is 8.34. The fraction of sp³-hybridized carbons (Fsp3) is 0.706. The van der Waals surface area contributed by atoms with Gasteiger partial charge < -0.3 is 23.7 Å². The number of carbonyl (C=O) groups excluding carboxylic acids is 3. The van der Waals surface area contributed by atoms with Gasteiger partial charge in [0.2, 0.25) is 0 Å². The van der Waals surface area contributed by atoms with Crippen molar-refractivity contribution in [2.75, 3.05) is 46.8 Å². The highest BCUT2D eigenvalue weighted by atomic mass is 16.6. The summed E-state index contributed by atoms with van der Waals surface area (Å²) >= 11 is 0. The fourth-order valence-electron chi connectivity index (χ4n) is 1.62. The van der Waals surface area contributed by atoms with Gasteiger partial charge in [-0.2, -0.15) is 0 Å². The van der Waals surface area contributed by atoms with E-state index in [9.17, 15) is 14.4 Å². The van der Waals surface area contributed by atoms with E-state index >= 15 is 0 Å². The number of hydrogen-bond acceptors (Lipinski definition) is 8. The lowest BCUT2D eigenvalue weighted by Gasteiger charge is -2.04. The minimum absolute atomic E-state index is 0.0840. The normalized spacial score (nSPS) is 10.6. The van der Waals surface area contributed by atoms with Crippen LogP contribution in [0.5, 0.6) is 0 Å². The van der Waals surface area contributed by atoms with E-state index in [1.54, 1.807) is 0 Å². The number of hydrogen-bond donors (Lipinski definition) is 0. The molecule has 0 heterocycles. The lowest BCUT2D eigenvalue weighted by atomic mass is 10.2. The van der Waals surface area contributed by atoms with Gasteiger partial charge in [0.05, 0.1) is 13.2 Å². The van der Waals surface area contributed by atoms with E-state index in [0.717, 1.165) is 51.0 Å². The smallest absolute Gasteiger partial charge is 0.344 e. The fourth-order valence-corrected chi connectivity index (χ4v) is 1.62. The second-order valence-corrected chi connectivity index (χ2v) is 4.93. The van der Waals surface area contributed by atoms with Crippen molar-refractivity contribution in [3.8, 4) is 0 Å². The van der Waals surface area contributed by atoms with Gasteiger partial charge in [-0.1, -0.05) is 6.42 Å². The van der Waals surface area contributed by atoms with Gasteiger partial charge >= 0.3 is 17.9 Å². The molecule has 144 valence electrons. The Morgan fingerprint density at radius 2 is 1.40 bits per heavy atom. The van der Waals surface area contributed by atoms with Crippen molar-refractivity contribution in [2.45, 2.75) is 32.6 Å². The van der Waals surface area contributed by atoms with Gasteiger partial charge in [-0.3, -0.25) is 0 Å². The van der Waals surface area contributed by atoms with Crippen molar-refractivity contribution < 1.29 is 38.1 Å². The molecule has 0 aliphatic rings. The first-order valence-corrected chi connectivity index (χ1v) is 8.34. The van der Waals surface area contributed by atoms with Crippen molar-refractivity contribution in [2.24, 2.45) is 0 Å². The van der Waals surface area contributed by atoms with Crippen molar-refractivity contribution in [1.82, 2.24) is 0 Å². The SMILES string of the molecule is CCOCCCCCCOC(=O)/C=C/C(=O)OCC(=O)OCCOC. The Morgan fingerprint density at radius 3 is 2.04 bits per heavy atom. The predicted molar refractivity (Wildman–Crippen MR) is 88.9 cm³/mol. The highest BCUT2D eigenvalue weighted by Gasteiger charge is 2.07. The van der Waals surface area contributed by atoms with Crippen LogP contribution in [0.25, 0.3) is 0 Å². The Morgan fingerprint density at radius 1 is 0.760 bits per heavy atom. The third-order valence-electron chi connectivity index (χ3n) is 2.87. The lowest BCUT2D eigenvalue weighted by Crippen LogP contribution is -2.17. The van der Waals surface area contributed by atoms with Crippen LogP contribution in [-0.2, 0) is 38.1 Å². The Kier molecular flexibility index (Phi) is 15.6. The van der Waals surface area contributed by atoms with Crippen LogP contribution in [0.15, 0.2) is 12.2 Å². The van der Waals surface area contributed by atoms with E-state index in [0.29, 0.717) is 6.61 Å². The average molecular weight is 360 g/mol. The molecule has 0 saturated heterocycles. The molecule has 0 atom stereocenters. The second kappa shape index (κ2) is 16.9. The first-order chi connectivity index (χ1) is 12.1. The number of rotatable bonds is 15. The van der Waals surface area contributed by atoms with E-state index in [-0.39, 0.29) is 13.2 Å². The maximum atomic E-state index is 11.4. The summed E-state index contributed by atoms with van der Waals surface area (Å²) in [4.78, 5) is 33.9. The molecule has 0 bridgehead atoms. The summed E-state index contributed by atoms with van der Waals surface area (Å²) in [5, 5.41) is 0. The lowest BCUT2D eigenvalue weighted by molar-refractivity contribution is -0.157. The summed E-state index contributed by atoms with van der Waals surface area (Å²) in [5.41, 5.74) is 0. The predicted octanol–water partition coefficient (Wildman–Crippen LogP) is 1.42. The molecule has 8 nitrogen and oxygen atoms in total. The van der Waals surface area contributed by atoms with Crippen LogP contribution >= 0.6 is 0 Å². The van der Waals surface area contributed by atoms with E-state index in [1.165, 1.54) is 7.11 Å². The molecule has 0 aromatic heterocycles. The molecule has 0 fully saturated rings. The van der Waals surface area contributed by atoms with Gasteiger partial charge in [0, 0.05) is 32.5 Å². The van der Waals surface area contributed by atoms with E-state index in [2.05, 4.69) is 4.74 Å². The minimum atomic E-state index is -0.823. The van der Waals surface area contributed by atoms with Crippen LogP contribution in [0, 0.1) is 0 Å². The molecule has 0 saturated carbocycles. The summed E-state index contributed by atoms with van der Waals surface area (Å²) < 4.78 is 24.2. The highest BCUT2D eigenvalue weighted by molar-refractivity contribution is 5.92. The molecule has 0 aliphatic carbocycles. The third kappa shape index (κ3) is 16.7. The molecule has 0 amide bonds. The maximum Gasteiger partial charge on any atom is 0.344 e. The monoisotopic (exact) mass is 360 g/mol. The number of carbonyl (C=O) groups is 3. The van der Waals surface area contributed by atoms with Crippen molar-refractivity contribution in [3.05, 3.63) is 12.2 Å². The third-order valence-corrected chi connectivity index (χ3v) is 2.87. The number of methoxy groups -OCH3 is 1. The molecule has 8 heteroatoms. The zero-order chi connectivity index (χ0) is 18.8. The van der Waals surface area contributed by atoms with E-state index in [1.807, 2.05) is 6.92 Å². The largest absolute Gasteiger partial charge is 0.463 e. The number of ether oxygens (including phenoxy) is 5. The summed E-state index contributed by atoms with van der Waals surface area (Å²) in [6.45, 7) is 3.54. The van der Waals surface area contributed by atoms with Crippen LogP contribution in [0.1, 0.15) is 32.6 Å². The molecule has 25 heavy (non-hydrogen) atoms. The Labute approximate surface area is 148 Å². The summed E-state index contributed by atoms with van der Waals surface area (Å²) in [5.74, 6) is -2.14. The van der Waals surface area contributed by atoms with E-state index in [4.69, 9.17) is 18.9 Å². The van der Waals surface area contributed by atoms with Crippen LogP contribution in [0.3, 0.4) is 0 Å². The number of unbranched alkanes of at least 4 members (excludes halogenated alkanes) is 3. The summed E-state index contributed by atoms with van der Waals surface area (Å²) in [6.07, 6.45) is 5.57. The number of esters is 3. The zero-order valence-electron chi connectivity index (χ0n) is 15.0. The van der Waals surface area contributed by atoms with Gasteiger partial charge in [0.15, 0.2) is 6.61 Å². The molecular formula is C17H28O8. The van der Waals surface area contributed by atoms with Gasteiger partial charge in [-0.25, -0.2) is 14.4 Å². The molecule has 0 aromatic carbocycles. The van der Waals surface area contributed by atoms with Crippen LogP contribution in [-0.4, -0.2) is 64.7 Å². The molecule has 0 N–H and O–H groups in total. The molecule has 0 aromatic rings. The van der Waals surface area contributed by atoms with Gasteiger partial charge in [-0.15, -0.1) is 0 Å². The average Bonchev–Trinajstić information content (AvgIpc) is 2.60. The quantitative estimate of drug-likeness (QED) is 0.187. The Bertz CT molecular complexity index is 405. The molecule has 0 spiro atoms. The first kappa shape index (κ1) is 23.1. The molecule has 0 radical (unpaired) electrons. The molecule has 0 aliphatic heterocycles. The highest BCUT2D eigenvalue weighted by Crippen LogP contribution is 2.01. The zero-order valence-corrected chi connectivity index (χ0v) is 15.0. The molecular weight excluding hydrogens is 332 g/mol. The van der Waals surface area contributed by atoms with Gasteiger partial charge in [0.25, 0.3) is 0 Å². The van der Waals surface area contributed by atoms with Crippen LogP contribution < -0.4 is 0 Å². The van der Waals surface area contributed by atoms with E-state index < -0.39 is 24.5 Å². The molecule has 0 unspecified atom stereocenters. The second-order valence-electron chi connectivity index (χ2n) is 4.93. The Balaban J connectivity index is 3.63. The van der Waals surface area contributed by atoms with Crippen molar-refractivity contribution in [3.63, 3.8) is 0 Å². The van der Waals surface area contributed by atoms with Gasteiger partial charge in [0.1, 0.15) is 6.61 Å². The van der Waals surface area contributed by atoms with Gasteiger partial charge in [-0.05, 0) is 26.2 Å². The molecule has 0 rings (SSSR count). The standard InChI is InChI=1S/C17H28O8/c1-3-22-10-6-4-5-7-11-23-15(18)8-9-16(19)25-14-17(20)24-13-12-21-2/h8-9H,3-7,10-14H2,1-2H3/b9-8+. The summed E-state index contributed by atoms with van der Waals surface area (Å²) in [7, 11) is 1.47. The minimum Gasteiger partial charge on any atom is -0.463 e. The van der Waals surface area contributed by atoms with Crippen molar-refractivity contribution >= 4 is 17.9 Å².